The van der Waals surface area contributed by atoms with Gasteiger partial charge in [-0.2, -0.15) is 0 Å². The van der Waals surface area contributed by atoms with E-state index in [0.717, 1.165) is 12.0 Å². The molecule has 19 heavy (non-hydrogen) atoms. The minimum Gasteiger partial charge on any atom is -0.368 e. The third kappa shape index (κ3) is 3.00. The zero-order chi connectivity index (χ0) is 14.6. The maximum atomic E-state index is 12.5. The summed E-state index contributed by atoms with van der Waals surface area (Å²) in [5.41, 5.74) is 5.33. The van der Waals surface area contributed by atoms with Gasteiger partial charge in [-0.15, -0.1) is 0 Å². The lowest BCUT2D eigenvalue weighted by Crippen LogP contribution is -2.63. The molecule has 0 saturated heterocycles. The molecule has 104 valence electrons. The Kier molecular flexibility index (Phi) is 4.80. The fourth-order valence-electron chi connectivity index (χ4n) is 1.83. The van der Waals surface area contributed by atoms with Gasteiger partial charge in [0.05, 0.1) is 0 Å². The lowest BCUT2D eigenvalue weighted by molar-refractivity contribution is -0.126. The SMILES string of the molecule is CCCN(N)[C@@](C)(C(N)=O)C(=O)c1ccc(C)cc1. The number of amides is 1. The molecule has 0 bridgehead atoms. The van der Waals surface area contributed by atoms with Crippen LogP contribution in [0.2, 0.25) is 0 Å². The minimum absolute atomic E-state index is 0.379. The number of ketones is 1. The second kappa shape index (κ2) is 5.95. The van der Waals surface area contributed by atoms with Gasteiger partial charge in [0, 0.05) is 12.1 Å². The van der Waals surface area contributed by atoms with E-state index < -0.39 is 11.4 Å². The Hall–Kier alpha value is -1.72. The van der Waals surface area contributed by atoms with E-state index in [4.69, 9.17) is 11.6 Å². The Bertz CT molecular complexity index is 470. The van der Waals surface area contributed by atoms with Crippen molar-refractivity contribution in [3.8, 4) is 0 Å². The zero-order valence-electron chi connectivity index (χ0n) is 11.6. The van der Waals surface area contributed by atoms with Crippen molar-refractivity contribution in [1.82, 2.24) is 5.01 Å². The first-order valence-electron chi connectivity index (χ1n) is 6.27. The summed E-state index contributed by atoms with van der Waals surface area (Å²) in [6.07, 6.45) is 0.723. The number of hydrogen-bond acceptors (Lipinski definition) is 4. The number of aryl methyl sites for hydroxylation is 1. The third-order valence-corrected chi connectivity index (χ3v) is 3.27. The standard InChI is InChI=1S/C14H21N3O2/c1-4-9-17(16)14(3,13(15)19)12(18)11-7-5-10(2)6-8-11/h5-8H,4,9,16H2,1-3H3,(H2,15,19)/t14-/m1/s1. The number of nitrogens with two attached hydrogens (primary N) is 2. The van der Waals surface area contributed by atoms with Crippen molar-refractivity contribution >= 4 is 11.7 Å². The number of hydrogen-bond donors (Lipinski definition) is 2. The molecule has 0 aromatic heterocycles. The highest BCUT2D eigenvalue weighted by molar-refractivity contribution is 6.17. The molecule has 5 heteroatoms. The van der Waals surface area contributed by atoms with E-state index in [9.17, 15) is 9.59 Å². The van der Waals surface area contributed by atoms with Crippen molar-refractivity contribution in [2.75, 3.05) is 6.54 Å². The molecular weight excluding hydrogens is 242 g/mol. The molecule has 0 unspecified atom stereocenters. The van der Waals surface area contributed by atoms with Crippen LogP contribution in [0.1, 0.15) is 36.2 Å². The normalized spacial score (nSPS) is 14.2. The summed E-state index contributed by atoms with van der Waals surface area (Å²) < 4.78 is 0. The van der Waals surface area contributed by atoms with E-state index in [1.165, 1.54) is 11.9 Å². The average Bonchev–Trinajstić information content (AvgIpc) is 2.37. The van der Waals surface area contributed by atoms with Gasteiger partial charge in [0.15, 0.2) is 11.3 Å². The van der Waals surface area contributed by atoms with Crippen LogP contribution in [0.3, 0.4) is 0 Å². The molecule has 1 rings (SSSR count). The quantitative estimate of drug-likeness (QED) is 0.347. The molecule has 0 heterocycles. The molecule has 0 aliphatic rings. The van der Waals surface area contributed by atoms with Crippen LogP contribution in [-0.4, -0.2) is 28.8 Å². The first-order valence-corrected chi connectivity index (χ1v) is 6.27. The number of benzene rings is 1. The van der Waals surface area contributed by atoms with Crippen LogP contribution >= 0.6 is 0 Å². The molecule has 1 aromatic carbocycles. The van der Waals surface area contributed by atoms with Crippen LogP contribution in [0.4, 0.5) is 0 Å². The number of rotatable bonds is 6. The molecular formula is C14H21N3O2. The Morgan fingerprint density at radius 1 is 1.26 bits per heavy atom. The molecule has 0 aliphatic heterocycles. The highest BCUT2D eigenvalue weighted by Gasteiger charge is 2.44. The van der Waals surface area contributed by atoms with E-state index in [0.29, 0.717) is 12.1 Å². The summed E-state index contributed by atoms with van der Waals surface area (Å²) >= 11 is 0. The zero-order valence-corrected chi connectivity index (χ0v) is 11.6. The summed E-state index contributed by atoms with van der Waals surface area (Å²) in [6, 6.07) is 6.99. The smallest absolute Gasteiger partial charge is 0.247 e. The van der Waals surface area contributed by atoms with E-state index in [-0.39, 0.29) is 5.78 Å². The van der Waals surface area contributed by atoms with Crippen LogP contribution in [-0.2, 0) is 4.79 Å². The predicted octanol–water partition coefficient (Wildman–Crippen LogP) is 1.01. The minimum atomic E-state index is -1.52. The van der Waals surface area contributed by atoms with Crippen molar-refractivity contribution in [2.45, 2.75) is 32.7 Å². The molecule has 0 spiro atoms. The van der Waals surface area contributed by atoms with Gasteiger partial charge in [0.2, 0.25) is 5.91 Å². The first-order chi connectivity index (χ1) is 8.83. The van der Waals surface area contributed by atoms with E-state index >= 15 is 0 Å². The molecule has 0 fully saturated rings. The maximum Gasteiger partial charge on any atom is 0.247 e. The van der Waals surface area contributed by atoms with Gasteiger partial charge >= 0.3 is 0 Å². The van der Waals surface area contributed by atoms with Crippen LogP contribution in [0.5, 0.6) is 0 Å². The van der Waals surface area contributed by atoms with E-state index in [1.54, 1.807) is 12.1 Å². The molecule has 4 N–H and O–H groups in total. The number of carbonyl (C=O) groups excluding carboxylic acids is 2. The Labute approximate surface area is 113 Å². The second-order valence-corrected chi connectivity index (χ2v) is 4.83. The molecule has 1 amide bonds. The second-order valence-electron chi connectivity index (χ2n) is 4.83. The fraction of sp³-hybridized carbons (Fsp3) is 0.429. The van der Waals surface area contributed by atoms with E-state index in [2.05, 4.69) is 0 Å². The van der Waals surface area contributed by atoms with Crippen LogP contribution < -0.4 is 11.6 Å². The number of hydrazine groups is 1. The van der Waals surface area contributed by atoms with Crippen LogP contribution in [0.15, 0.2) is 24.3 Å². The van der Waals surface area contributed by atoms with Gasteiger partial charge in [-0.05, 0) is 20.3 Å². The van der Waals surface area contributed by atoms with Gasteiger partial charge in [-0.1, -0.05) is 36.8 Å². The topological polar surface area (TPSA) is 89.4 Å². The molecule has 0 aliphatic carbocycles. The largest absolute Gasteiger partial charge is 0.368 e. The Morgan fingerprint density at radius 3 is 2.21 bits per heavy atom. The summed E-state index contributed by atoms with van der Waals surface area (Å²) in [5, 5.41) is 1.22. The predicted molar refractivity (Wildman–Crippen MR) is 74.3 cm³/mol. The molecule has 1 aromatic rings. The van der Waals surface area contributed by atoms with Crippen molar-refractivity contribution in [1.29, 1.82) is 0 Å². The summed E-state index contributed by atoms with van der Waals surface area (Å²) in [7, 11) is 0. The highest BCUT2D eigenvalue weighted by Crippen LogP contribution is 2.19. The first kappa shape index (κ1) is 15.3. The average molecular weight is 263 g/mol. The Morgan fingerprint density at radius 2 is 1.79 bits per heavy atom. The summed E-state index contributed by atoms with van der Waals surface area (Å²) in [6.45, 7) is 5.72. The molecule has 0 radical (unpaired) electrons. The van der Waals surface area contributed by atoms with Gasteiger partial charge in [0.1, 0.15) is 0 Å². The lowest BCUT2D eigenvalue weighted by Gasteiger charge is -2.33. The number of carbonyl (C=O) groups is 2. The van der Waals surface area contributed by atoms with Crippen molar-refractivity contribution in [3.05, 3.63) is 35.4 Å². The van der Waals surface area contributed by atoms with Gasteiger partial charge in [0.25, 0.3) is 0 Å². The summed E-state index contributed by atoms with van der Waals surface area (Å²) in [5.74, 6) is 4.72. The maximum absolute atomic E-state index is 12.5. The third-order valence-electron chi connectivity index (χ3n) is 3.27. The van der Waals surface area contributed by atoms with Crippen molar-refractivity contribution in [2.24, 2.45) is 11.6 Å². The van der Waals surface area contributed by atoms with Crippen molar-refractivity contribution < 1.29 is 9.59 Å². The fourth-order valence-corrected chi connectivity index (χ4v) is 1.83. The Balaban J connectivity index is 3.15. The highest BCUT2D eigenvalue weighted by atomic mass is 16.2. The summed E-state index contributed by atoms with van der Waals surface area (Å²) in [4.78, 5) is 24.2. The number of nitrogens with zero attached hydrogens (tertiary/aromatic N) is 1. The molecule has 0 saturated carbocycles. The van der Waals surface area contributed by atoms with Crippen LogP contribution in [0, 0.1) is 6.92 Å². The van der Waals surface area contributed by atoms with Gasteiger partial charge in [-0.3, -0.25) is 15.4 Å². The van der Waals surface area contributed by atoms with E-state index in [1.807, 2.05) is 26.0 Å². The molecule has 5 nitrogen and oxygen atoms in total. The monoisotopic (exact) mass is 263 g/mol. The number of Topliss-reactive ketones (excluding diaryl/α,β-unsaturated/α-hetero) is 1. The van der Waals surface area contributed by atoms with Crippen LogP contribution in [0.25, 0.3) is 0 Å². The number of primary amides is 1. The van der Waals surface area contributed by atoms with Gasteiger partial charge < -0.3 is 5.73 Å². The van der Waals surface area contributed by atoms with Crippen molar-refractivity contribution in [3.63, 3.8) is 0 Å². The lowest BCUT2D eigenvalue weighted by atomic mass is 9.89. The van der Waals surface area contributed by atoms with Gasteiger partial charge in [-0.25, -0.2) is 5.01 Å². The molecule has 1 atom stereocenters.